The summed E-state index contributed by atoms with van der Waals surface area (Å²) in [5.41, 5.74) is 1.11. The molecule has 0 aliphatic heterocycles. The van der Waals surface area contributed by atoms with Gasteiger partial charge in [-0.2, -0.15) is 0 Å². The molecule has 1 fully saturated rings. The van der Waals surface area contributed by atoms with E-state index >= 15 is 0 Å². The lowest BCUT2D eigenvalue weighted by Crippen LogP contribution is -2.21. The van der Waals surface area contributed by atoms with Crippen LogP contribution in [0.1, 0.15) is 32.6 Å². The molecule has 1 aromatic rings. The molecule has 0 saturated heterocycles. The Kier molecular flexibility index (Phi) is 5.58. The third-order valence-corrected chi connectivity index (χ3v) is 5.14. The Bertz CT molecular complexity index is 436. The van der Waals surface area contributed by atoms with Crippen LogP contribution in [-0.4, -0.2) is 13.7 Å². The van der Waals surface area contributed by atoms with Crippen molar-refractivity contribution in [3.63, 3.8) is 0 Å². The van der Waals surface area contributed by atoms with Gasteiger partial charge in [-0.25, -0.2) is 0 Å². The van der Waals surface area contributed by atoms with Gasteiger partial charge in [-0.1, -0.05) is 19.8 Å². The van der Waals surface area contributed by atoms with Gasteiger partial charge in [-0.3, -0.25) is 0 Å². The fourth-order valence-electron chi connectivity index (χ4n) is 2.82. The van der Waals surface area contributed by atoms with Gasteiger partial charge in [0.15, 0.2) is 0 Å². The zero-order chi connectivity index (χ0) is 13.8. The number of methoxy groups -OCH3 is 1. The predicted octanol–water partition coefficient (Wildman–Crippen LogP) is 5.46. The zero-order valence-corrected chi connectivity index (χ0v) is 14.7. The lowest BCUT2D eigenvalue weighted by atomic mass is 9.82. The van der Waals surface area contributed by atoms with Crippen molar-refractivity contribution in [3.8, 4) is 5.75 Å². The van der Waals surface area contributed by atoms with Crippen molar-refractivity contribution in [2.45, 2.75) is 32.6 Å². The van der Waals surface area contributed by atoms with Gasteiger partial charge in [-0.05, 0) is 62.6 Å². The van der Waals surface area contributed by atoms with E-state index in [1.807, 2.05) is 12.1 Å². The van der Waals surface area contributed by atoms with E-state index in [2.05, 4.69) is 44.1 Å². The molecule has 0 aromatic heterocycles. The van der Waals surface area contributed by atoms with Crippen LogP contribution in [0, 0.1) is 11.8 Å². The molecule has 0 bridgehead atoms. The molecule has 0 heterocycles. The Morgan fingerprint density at radius 1 is 1.26 bits per heavy atom. The second-order valence-electron chi connectivity index (χ2n) is 5.49. The second kappa shape index (κ2) is 6.98. The fraction of sp³-hybridized carbons (Fsp3) is 0.600. The molecule has 106 valence electrons. The average molecular weight is 391 g/mol. The van der Waals surface area contributed by atoms with Crippen LogP contribution in [0.25, 0.3) is 0 Å². The van der Waals surface area contributed by atoms with Crippen LogP contribution in [0.2, 0.25) is 0 Å². The molecule has 1 aromatic carbocycles. The smallest absolute Gasteiger partial charge is 0.135 e. The van der Waals surface area contributed by atoms with Crippen LogP contribution < -0.4 is 10.1 Å². The van der Waals surface area contributed by atoms with Crippen molar-refractivity contribution in [1.82, 2.24) is 0 Å². The summed E-state index contributed by atoms with van der Waals surface area (Å²) in [6, 6.07) is 4.07. The first-order valence-electron chi connectivity index (χ1n) is 6.87. The number of ether oxygens (including phenoxy) is 1. The molecule has 1 N–H and O–H groups in total. The molecule has 1 aliphatic rings. The third-order valence-electron chi connectivity index (χ3n) is 3.87. The lowest BCUT2D eigenvalue weighted by Gasteiger charge is -2.27. The molecule has 1 saturated carbocycles. The van der Waals surface area contributed by atoms with Gasteiger partial charge < -0.3 is 10.1 Å². The van der Waals surface area contributed by atoms with Gasteiger partial charge in [0.2, 0.25) is 0 Å². The van der Waals surface area contributed by atoms with E-state index in [9.17, 15) is 0 Å². The summed E-state index contributed by atoms with van der Waals surface area (Å²) in [5.74, 6) is 2.54. The predicted molar refractivity (Wildman–Crippen MR) is 88.0 cm³/mol. The fourth-order valence-corrected chi connectivity index (χ4v) is 4.12. The first kappa shape index (κ1) is 15.2. The third kappa shape index (κ3) is 4.12. The SMILES string of the molecule is COc1cc(NCC2CCCC(C)C2)c(Br)cc1Br. The summed E-state index contributed by atoms with van der Waals surface area (Å²) in [5, 5.41) is 3.56. The van der Waals surface area contributed by atoms with Gasteiger partial charge in [0.25, 0.3) is 0 Å². The Morgan fingerprint density at radius 2 is 2.05 bits per heavy atom. The highest BCUT2D eigenvalue weighted by molar-refractivity contribution is 9.11. The number of halogens is 2. The van der Waals surface area contributed by atoms with Crippen molar-refractivity contribution in [1.29, 1.82) is 0 Å². The highest BCUT2D eigenvalue weighted by Gasteiger charge is 2.19. The van der Waals surface area contributed by atoms with Crippen LogP contribution in [0.3, 0.4) is 0 Å². The molecule has 2 unspecified atom stereocenters. The van der Waals surface area contributed by atoms with Crippen LogP contribution in [0.5, 0.6) is 5.75 Å². The van der Waals surface area contributed by atoms with Crippen molar-refractivity contribution in [2.75, 3.05) is 19.0 Å². The lowest BCUT2D eigenvalue weighted by molar-refractivity contribution is 0.293. The normalized spacial score (nSPS) is 23.2. The maximum absolute atomic E-state index is 5.34. The average Bonchev–Trinajstić information content (AvgIpc) is 2.38. The molecule has 0 radical (unpaired) electrons. The first-order chi connectivity index (χ1) is 9.10. The maximum atomic E-state index is 5.34. The molecule has 2 atom stereocenters. The minimum Gasteiger partial charge on any atom is -0.495 e. The summed E-state index contributed by atoms with van der Waals surface area (Å²) in [7, 11) is 1.70. The topological polar surface area (TPSA) is 21.3 Å². The van der Waals surface area contributed by atoms with Crippen molar-refractivity contribution < 1.29 is 4.74 Å². The van der Waals surface area contributed by atoms with E-state index < -0.39 is 0 Å². The standard InChI is InChI=1S/C15H21Br2NO/c1-10-4-3-5-11(6-10)9-18-14-8-15(19-2)13(17)7-12(14)16/h7-8,10-11,18H,3-6,9H2,1-2H3. The van der Waals surface area contributed by atoms with E-state index in [1.54, 1.807) is 7.11 Å². The number of benzene rings is 1. The van der Waals surface area contributed by atoms with E-state index in [-0.39, 0.29) is 0 Å². The van der Waals surface area contributed by atoms with Crippen LogP contribution >= 0.6 is 31.9 Å². The number of nitrogens with one attached hydrogen (secondary N) is 1. The van der Waals surface area contributed by atoms with Crippen molar-refractivity contribution in [2.24, 2.45) is 11.8 Å². The highest BCUT2D eigenvalue weighted by atomic mass is 79.9. The largest absolute Gasteiger partial charge is 0.495 e. The number of hydrogen-bond acceptors (Lipinski definition) is 2. The number of rotatable bonds is 4. The Balaban J connectivity index is 1.99. The van der Waals surface area contributed by atoms with E-state index in [1.165, 1.54) is 25.7 Å². The Labute approximate surface area is 132 Å². The van der Waals surface area contributed by atoms with Crippen molar-refractivity contribution >= 4 is 37.5 Å². The van der Waals surface area contributed by atoms with Crippen LogP contribution in [0.15, 0.2) is 21.1 Å². The van der Waals surface area contributed by atoms with E-state index in [0.717, 1.165) is 38.8 Å². The summed E-state index contributed by atoms with van der Waals surface area (Å²) in [4.78, 5) is 0. The van der Waals surface area contributed by atoms with E-state index in [4.69, 9.17) is 4.74 Å². The number of anilines is 1. The number of hydrogen-bond donors (Lipinski definition) is 1. The van der Waals surface area contributed by atoms with E-state index in [0.29, 0.717) is 0 Å². The molecule has 4 heteroatoms. The molecule has 0 spiro atoms. The van der Waals surface area contributed by atoms with Gasteiger partial charge in [0, 0.05) is 17.1 Å². The Morgan fingerprint density at radius 3 is 2.74 bits per heavy atom. The summed E-state index contributed by atoms with van der Waals surface area (Å²) in [6.07, 6.45) is 5.46. The van der Waals surface area contributed by atoms with Crippen LogP contribution in [-0.2, 0) is 0 Å². The van der Waals surface area contributed by atoms with Gasteiger partial charge in [0.05, 0.1) is 17.3 Å². The first-order valence-corrected chi connectivity index (χ1v) is 8.45. The monoisotopic (exact) mass is 389 g/mol. The maximum Gasteiger partial charge on any atom is 0.135 e. The van der Waals surface area contributed by atoms with Crippen molar-refractivity contribution in [3.05, 3.63) is 21.1 Å². The summed E-state index contributed by atoms with van der Waals surface area (Å²) in [6.45, 7) is 3.42. The molecule has 2 rings (SSSR count). The molecule has 19 heavy (non-hydrogen) atoms. The molecular formula is C15H21Br2NO. The summed E-state index contributed by atoms with van der Waals surface area (Å²) < 4.78 is 7.39. The van der Waals surface area contributed by atoms with Gasteiger partial charge in [0.1, 0.15) is 5.75 Å². The highest BCUT2D eigenvalue weighted by Crippen LogP contribution is 2.35. The molecule has 1 aliphatic carbocycles. The molecule has 2 nitrogen and oxygen atoms in total. The van der Waals surface area contributed by atoms with Gasteiger partial charge in [-0.15, -0.1) is 0 Å². The quantitative estimate of drug-likeness (QED) is 0.736. The molecule has 0 amide bonds. The second-order valence-corrected chi connectivity index (χ2v) is 7.19. The minimum atomic E-state index is 0.797. The zero-order valence-electron chi connectivity index (χ0n) is 11.5. The molecular weight excluding hydrogens is 370 g/mol. The van der Waals surface area contributed by atoms with Gasteiger partial charge >= 0.3 is 0 Å². The summed E-state index contributed by atoms with van der Waals surface area (Å²) >= 11 is 7.09. The van der Waals surface area contributed by atoms with Crippen LogP contribution in [0.4, 0.5) is 5.69 Å². The Hall–Kier alpha value is -0.220. The minimum absolute atomic E-state index is 0.797.